The quantitative estimate of drug-likeness (QED) is 0.109. The lowest BCUT2D eigenvalue weighted by Gasteiger charge is -2.16. The number of methoxy groups -OCH3 is 1. The average molecular weight is 617 g/mol. The van der Waals surface area contributed by atoms with Crippen molar-refractivity contribution in [2.75, 3.05) is 19.5 Å². The van der Waals surface area contributed by atoms with Gasteiger partial charge in [-0.15, -0.1) is 0 Å². The highest BCUT2D eigenvalue weighted by Gasteiger charge is 2.45. The van der Waals surface area contributed by atoms with Crippen LogP contribution in [0.1, 0.15) is 29.4 Å². The summed E-state index contributed by atoms with van der Waals surface area (Å²) in [4.78, 5) is 60.9. The summed E-state index contributed by atoms with van der Waals surface area (Å²) in [5.74, 6) is -1.78. The molecule has 4 atom stereocenters. The first kappa shape index (κ1) is 29.9. The van der Waals surface area contributed by atoms with Crippen LogP contribution in [0.4, 0.5) is 5.82 Å². The number of nitrogens with one attached hydrogen (secondary N) is 1. The molecule has 1 amide bonds. The highest BCUT2D eigenvalue weighted by molar-refractivity contribution is 7.85. The lowest BCUT2D eigenvalue weighted by atomic mass is 9.92. The summed E-state index contributed by atoms with van der Waals surface area (Å²) in [6.45, 7) is -0.781. The second-order valence-corrected chi connectivity index (χ2v) is 10.8. The van der Waals surface area contributed by atoms with Gasteiger partial charge in [-0.2, -0.15) is 8.42 Å². The van der Waals surface area contributed by atoms with E-state index in [9.17, 15) is 37.8 Å². The molecular weight excluding hydrogens is 592 g/mol. The minimum atomic E-state index is -4.72. The molecule has 2 aromatic carbocycles. The van der Waals surface area contributed by atoms with E-state index < -0.39 is 76.8 Å². The summed E-state index contributed by atoms with van der Waals surface area (Å²) in [6, 6.07) is 5.92. The number of aliphatic hydroxyl groups is 2. The Labute approximate surface area is 241 Å². The van der Waals surface area contributed by atoms with Crippen molar-refractivity contribution in [2.24, 2.45) is 0 Å². The molecule has 1 fully saturated rings. The Morgan fingerprint density at radius 3 is 2.58 bits per heavy atom. The van der Waals surface area contributed by atoms with Gasteiger partial charge in [0.25, 0.3) is 5.43 Å². The Morgan fingerprint density at radius 2 is 1.84 bits per heavy atom. The van der Waals surface area contributed by atoms with Crippen molar-refractivity contribution in [2.45, 2.75) is 37.4 Å². The third kappa shape index (κ3) is 5.60. The largest absolute Gasteiger partial charge is 0.492 e. The molecule has 5 N–H and O–H groups in total. The number of fused-ring (bicyclic) bond motifs is 1. The van der Waals surface area contributed by atoms with Gasteiger partial charge in [-0.25, -0.2) is 19.7 Å². The number of nitrogens with zero attached hydrogens (tertiary/aromatic N) is 4. The van der Waals surface area contributed by atoms with E-state index in [-0.39, 0.29) is 39.4 Å². The Kier molecular flexibility index (Phi) is 8.04. The van der Waals surface area contributed by atoms with E-state index in [2.05, 4.69) is 15.0 Å². The molecule has 17 nitrogen and oxygen atoms in total. The molecule has 0 aliphatic carbocycles. The number of rotatable bonds is 11. The monoisotopic (exact) mass is 616 g/mol. The lowest BCUT2D eigenvalue weighted by Crippen LogP contribution is -2.37. The van der Waals surface area contributed by atoms with Gasteiger partial charge in [-0.05, 0) is 0 Å². The van der Waals surface area contributed by atoms with Gasteiger partial charge in [0.05, 0.1) is 25.6 Å². The molecule has 0 saturated carbocycles. The van der Waals surface area contributed by atoms with Gasteiger partial charge in [0, 0.05) is 24.0 Å². The molecule has 2 aromatic heterocycles. The smallest absolute Gasteiger partial charge is 0.362 e. The van der Waals surface area contributed by atoms with Crippen molar-refractivity contribution < 1.29 is 41.9 Å². The van der Waals surface area contributed by atoms with Crippen molar-refractivity contribution in [3.8, 4) is 16.9 Å². The fourth-order valence-corrected chi connectivity index (χ4v) is 5.40. The number of aliphatic hydroxyl groups excluding tert-OH is 2. The van der Waals surface area contributed by atoms with E-state index >= 15 is 0 Å². The first-order valence-corrected chi connectivity index (χ1v) is 14.0. The van der Waals surface area contributed by atoms with Crippen LogP contribution < -0.4 is 26.1 Å². The Morgan fingerprint density at radius 1 is 1.09 bits per heavy atom. The number of amides is 1. The SMILES string of the molecule is COc1c(-c2ccccc2C(=O)CCC(=O)NS(=O)(=O)OC[C@H]2O[C@@H](n3cnc4c(N)ncnc43)[C@H](O)[C@@H]2O)c(=O)c1=O. The molecule has 1 aliphatic rings. The van der Waals surface area contributed by atoms with Gasteiger partial charge < -0.3 is 25.4 Å². The molecule has 0 bridgehead atoms. The van der Waals surface area contributed by atoms with Crippen molar-refractivity contribution >= 4 is 39.0 Å². The number of imidazole rings is 1. The Hall–Kier alpha value is -4.62. The number of anilines is 1. The first-order chi connectivity index (χ1) is 20.4. The number of carbonyl (C=O) groups is 2. The highest BCUT2D eigenvalue weighted by Crippen LogP contribution is 2.32. The predicted molar refractivity (Wildman–Crippen MR) is 146 cm³/mol. The molecule has 18 heteroatoms. The molecule has 1 aliphatic heterocycles. The summed E-state index contributed by atoms with van der Waals surface area (Å²) in [5.41, 5.74) is 4.69. The van der Waals surface area contributed by atoms with Crippen LogP contribution in [0.25, 0.3) is 22.3 Å². The number of carbonyl (C=O) groups excluding carboxylic acids is 2. The zero-order valence-electron chi connectivity index (χ0n) is 22.2. The number of nitrogens with two attached hydrogens (primary N) is 1. The first-order valence-electron chi connectivity index (χ1n) is 12.6. The van der Waals surface area contributed by atoms with Crippen LogP contribution in [0.3, 0.4) is 0 Å². The second kappa shape index (κ2) is 11.6. The Bertz CT molecular complexity index is 1900. The summed E-state index contributed by atoms with van der Waals surface area (Å²) < 4.78 is 43.0. The van der Waals surface area contributed by atoms with Crippen LogP contribution in [0.2, 0.25) is 0 Å². The van der Waals surface area contributed by atoms with Crippen LogP contribution >= 0.6 is 0 Å². The lowest BCUT2D eigenvalue weighted by molar-refractivity contribution is -0.119. The maximum atomic E-state index is 12.8. The maximum absolute atomic E-state index is 12.8. The third-order valence-electron chi connectivity index (χ3n) is 6.77. The zero-order valence-corrected chi connectivity index (χ0v) is 23.1. The van der Waals surface area contributed by atoms with E-state index in [0.717, 1.165) is 0 Å². The number of Topliss-reactive ketones (excluding diaryl/α,β-unsaturated/α-hetero) is 1. The number of hydrogen-bond donors (Lipinski definition) is 4. The molecule has 43 heavy (non-hydrogen) atoms. The second-order valence-electron chi connectivity index (χ2n) is 9.43. The van der Waals surface area contributed by atoms with E-state index in [1.165, 1.54) is 42.5 Å². The van der Waals surface area contributed by atoms with Crippen LogP contribution in [0, 0.1) is 0 Å². The highest BCUT2D eigenvalue weighted by atomic mass is 32.2. The van der Waals surface area contributed by atoms with Crippen molar-refractivity contribution in [3.05, 3.63) is 62.9 Å². The molecule has 1 saturated heterocycles. The van der Waals surface area contributed by atoms with Gasteiger partial charge >= 0.3 is 10.3 Å². The molecule has 226 valence electrons. The van der Waals surface area contributed by atoms with Gasteiger partial charge in [0.15, 0.2) is 29.2 Å². The number of ether oxygens (including phenoxy) is 2. The van der Waals surface area contributed by atoms with Crippen LogP contribution in [0.15, 0.2) is 46.5 Å². The summed E-state index contributed by atoms with van der Waals surface area (Å²) in [6.07, 6.45) is -4.27. The number of benzene rings is 1. The van der Waals surface area contributed by atoms with E-state index in [0.29, 0.717) is 0 Å². The van der Waals surface area contributed by atoms with E-state index in [1.54, 1.807) is 10.8 Å². The van der Waals surface area contributed by atoms with E-state index in [1.807, 2.05) is 0 Å². The summed E-state index contributed by atoms with van der Waals surface area (Å²) in [5, 5.41) is 20.9. The molecule has 4 aromatic rings. The van der Waals surface area contributed by atoms with Crippen LogP contribution in [0.5, 0.6) is 5.75 Å². The molecule has 3 heterocycles. The molecular formula is C25H24N6O11S. The summed E-state index contributed by atoms with van der Waals surface area (Å²) >= 11 is 0. The number of hydrogen-bond acceptors (Lipinski definition) is 15. The number of aromatic nitrogens is 4. The van der Waals surface area contributed by atoms with Gasteiger partial charge in [-0.3, -0.25) is 27.9 Å². The Balaban J connectivity index is 1.17. The van der Waals surface area contributed by atoms with Crippen LogP contribution in [-0.2, 0) is 24.0 Å². The topological polar surface area (TPSA) is 252 Å². The standard InChI is InChI=1S/C25H24N6O11S/c1-40-22-16(19(35)20(22)36)12-5-3-2-4-11(12)13(32)6-7-15(33)30-43(38,39)41-8-14-18(34)21(37)25(42-14)31-10-29-17-23(26)27-9-28-24(17)31/h2-5,9-10,14,18,21,25,34,37H,6-8H2,1H3,(H,30,33)(H2,26,27,28)/t14-,18-,21-,25-/m1/s1. The third-order valence-corrected chi connectivity index (χ3v) is 7.70. The molecule has 0 unspecified atom stereocenters. The van der Waals surface area contributed by atoms with Crippen molar-refractivity contribution in [3.63, 3.8) is 0 Å². The fourth-order valence-electron chi connectivity index (χ4n) is 4.65. The molecule has 5 rings (SSSR count). The minimum Gasteiger partial charge on any atom is -0.492 e. The predicted octanol–water partition coefficient (Wildman–Crippen LogP) is -1.66. The number of nitrogen functional groups attached to an aromatic ring is 1. The van der Waals surface area contributed by atoms with Gasteiger partial charge in [0.2, 0.25) is 11.3 Å². The fraction of sp³-hybridized carbons (Fsp3) is 0.320. The average Bonchev–Trinajstić information content (AvgIpc) is 3.54. The van der Waals surface area contributed by atoms with Gasteiger partial charge in [-0.1, -0.05) is 24.3 Å². The maximum Gasteiger partial charge on any atom is 0.362 e. The molecule has 0 spiro atoms. The zero-order chi connectivity index (χ0) is 31.1. The van der Waals surface area contributed by atoms with Crippen molar-refractivity contribution in [1.82, 2.24) is 24.2 Å². The normalized spacial score (nSPS) is 20.4. The van der Waals surface area contributed by atoms with E-state index in [4.69, 9.17) is 19.4 Å². The van der Waals surface area contributed by atoms with Crippen molar-refractivity contribution in [1.29, 1.82) is 0 Å². The molecule has 0 radical (unpaired) electrons. The summed E-state index contributed by atoms with van der Waals surface area (Å²) in [7, 11) is -3.51. The number of ketones is 1. The minimum absolute atomic E-state index is 0.0418. The van der Waals surface area contributed by atoms with Crippen LogP contribution in [-0.4, -0.2) is 81.9 Å². The van der Waals surface area contributed by atoms with Gasteiger partial charge in [0.1, 0.15) is 30.2 Å².